The Bertz CT molecular complexity index is 190. The van der Waals surface area contributed by atoms with E-state index in [4.69, 9.17) is 9.84 Å². The zero-order chi connectivity index (χ0) is 8.91. The van der Waals surface area contributed by atoms with Gasteiger partial charge in [0.15, 0.2) is 0 Å². The standard InChI is InChI=1S/C5H12O5S.Na/c1-5(4-6)10-2-3-11(7,8)9;/h5-6H,2-4H2,1H3,(H,7,8,9);/q;+1/p-1. The molecule has 68 valence electrons. The average molecular weight is 206 g/mol. The summed E-state index contributed by atoms with van der Waals surface area (Å²) in [5.41, 5.74) is 0. The van der Waals surface area contributed by atoms with Gasteiger partial charge in [-0.1, -0.05) is 0 Å². The van der Waals surface area contributed by atoms with Crippen molar-refractivity contribution in [3.63, 3.8) is 0 Å². The molecule has 1 unspecified atom stereocenters. The van der Waals surface area contributed by atoms with Crippen molar-refractivity contribution in [2.45, 2.75) is 13.0 Å². The molecule has 5 nitrogen and oxygen atoms in total. The minimum absolute atomic E-state index is 0. The summed E-state index contributed by atoms with van der Waals surface area (Å²) in [6, 6.07) is 0. The van der Waals surface area contributed by atoms with Gasteiger partial charge in [-0.25, -0.2) is 8.42 Å². The number of ether oxygens (including phenoxy) is 1. The van der Waals surface area contributed by atoms with Crippen LogP contribution in [-0.2, 0) is 14.9 Å². The van der Waals surface area contributed by atoms with Gasteiger partial charge in [-0.3, -0.25) is 0 Å². The maximum Gasteiger partial charge on any atom is 1.00 e. The molecule has 0 fully saturated rings. The van der Waals surface area contributed by atoms with Gasteiger partial charge in [-0.2, -0.15) is 0 Å². The first-order valence-corrected chi connectivity index (χ1v) is 4.69. The number of aliphatic hydroxyl groups is 1. The Kier molecular flexibility index (Phi) is 9.25. The molecular weight excluding hydrogens is 195 g/mol. The third-order valence-corrected chi connectivity index (χ3v) is 1.66. The summed E-state index contributed by atoms with van der Waals surface area (Å²) in [6.07, 6.45) is -0.420. The molecule has 0 heterocycles. The van der Waals surface area contributed by atoms with Crippen molar-refractivity contribution >= 4 is 10.1 Å². The van der Waals surface area contributed by atoms with E-state index in [2.05, 4.69) is 0 Å². The minimum atomic E-state index is -4.18. The van der Waals surface area contributed by atoms with Crippen molar-refractivity contribution in [3.05, 3.63) is 0 Å². The van der Waals surface area contributed by atoms with E-state index < -0.39 is 22.0 Å². The Hall–Kier alpha value is 0.830. The molecule has 0 aromatic rings. The molecule has 0 spiro atoms. The number of hydrogen-bond donors (Lipinski definition) is 1. The van der Waals surface area contributed by atoms with E-state index >= 15 is 0 Å². The van der Waals surface area contributed by atoms with Crippen LogP contribution in [0, 0.1) is 0 Å². The zero-order valence-electron chi connectivity index (χ0n) is 7.19. The van der Waals surface area contributed by atoms with Crippen LogP contribution in [0.4, 0.5) is 0 Å². The maximum absolute atomic E-state index is 10.0. The molecule has 0 rings (SSSR count). The third kappa shape index (κ3) is 10.8. The maximum atomic E-state index is 10.0. The van der Waals surface area contributed by atoms with Crippen LogP contribution in [0.15, 0.2) is 0 Å². The normalized spacial score (nSPS) is 13.6. The molecule has 0 aliphatic heterocycles. The first kappa shape index (κ1) is 15.3. The van der Waals surface area contributed by atoms with E-state index in [0.29, 0.717) is 0 Å². The van der Waals surface area contributed by atoms with E-state index in [0.717, 1.165) is 0 Å². The number of aliphatic hydroxyl groups excluding tert-OH is 1. The van der Waals surface area contributed by atoms with E-state index in [9.17, 15) is 13.0 Å². The van der Waals surface area contributed by atoms with Crippen LogP contribution in [0.5, 0.6) is 0 Å². The van der Waals surface area contributed by atoms with Crippen molar-refractivity contribution < 1.29 is 52.4 Å². The predicted molar refractivity (Wildman–Crippen MR) is 37.1 cm³/mol. The molecule has 7 heteroatoms. The van der Waals surface area contributed by atoms with Gasteiger partial charge in [0.05, 0.1) is 35.2 Å². The Balaban J connectivity index is 0. The van der Waals surface area contributed by atoms with E-state index in [-0.39, 0.29) is 42.8 Å². The fourth-order valence-electron chi connectivity index (χ4n) is 0.404. The fraction of sp³-hybridized carbons (Fsp3) is 1.00. The van der Waals surface area contributed by atoms with Crippen LogP contribution in [0.3, 0.4) is 0 Å². The quantitative estimate of drug-likeness (QED) is 0.365. The topological polar surface area (TPSA) is 86.7 Å². The summed E-state index contributed by atoms with van der Waals surface area (Å²) in [4.78, 5) is 0. The molecule has 1 N–H and O–H groups in total. The first-order chi connectivity index (χ1) is 4.95. The van der Waals surface area contributed by atoms with Crippen LogP contribution in [0.25, 0.3) is 0 Å². The van der Waals surface area contributed by atoms with Crippen LogP contribution in [0.2, 0.25) is 0 Å². The Labute approximate surface area is 94.1 Å². The largest absolute Gasteiger partial charge is 1.00 e. The Morgan fingerprint density at radius 3 is 2.42 bits per heavy atom. The molecule has 0 amide bonds. The van der Waals surface area contributed by atoms with Gasteiger partial charge in [0.2, 0.25) is 0 Å². The molecule has 0 aliphatic carbocycles. The summed E-state index contributed by atoms with van der Waals surface area (Å²) in [5.74, 6) is -0.544. The third-order valence-electron chi connectivity index (χ3n) is 0.993. The monoisotopic (exact) mass is 206 g/mol. The fourth-order valence-corrected chi connectivity index (χ4v) is 0.704. The van der Waals surface area contributed by atoms with Crippen LogP contribution < -0.4 is 29.6 Å². The molecular formula is C5H11NaO5S. The number of hydrogen-bond acceptors (Lipinski definition) is 5. The summed E-state index contributed by atoms with van der Waals surface area (Å²) in [7, 11) is -4.18. The zero-order valence-corrected chi connectivity index (χ0v) is 10.0. The second-order valence-corrected chi connectivity index (χ2v) is 3.65. The Morgan fingerprint density at radius 1 is 1.58 bits per heavy atom. The molecule has 0 aromatic carbocycles. The summed E-state index contributed by atoms with van der Waals surface area (Å²) < 4.78 is 34.7. The van der Waals surface area contributed by atoms with Crippen molar-refractivity contribution in [1.29, 1.82) is 0 Å². The van der Waals surface area contributed by atoms with Gasteiger partial charge in [0.25, 0.3) is 0 Å². The number of rotatable bonds is 5. The van der Waals surface area contributed by atoms with E-state index in [1.54, 1.807) is 6.92 Å². The molecule has 0 aromatic heterocycles. The van der Waals surface area contributed by atoms with Crippen LogP contribution in [-0.4, -0.2) is 43.1 Å². The molecule has 0 saturated carbocycles. The van der Waals surface area contributed by atoms with Crippen LogP contribution >= 0.6 is 0 Å². The molecule has 0 saturated heterocycles. The summed E-state index contributed by atoms with van der Waals surface area (Å²) in [6.45, 7) is 1.24. The summed E-state index contributed by atoms with van der Waals surface area (Å²) >= 11 is 0. The molecule has 12 heavy (non-hydrogen) atoms. The average Bonchev–Trinajstić information content (AvgIpc) is 1.85. The van der Waals surface area contributed by atoms with Crippen LogP contribution in [0.1, 0.15) is 6.92 Å². The van der Waals surface area contributed by atoms with Crippen molar-refractivity contribution in [1.82, 2.24) is 0 Å². The molecule has 0 radical (unpaired) electrons. The first-order valence-electron chi connectivity index (χ1n) is 3.11. The van der Waals surface area contributed by atoms with Crippen molar-refractivity contribution in [2.75, 3.05) is 19.0 Å². The van der Waals surface area contributed by atoms with Gasteiger partial charge >= 0.3 is 29.6 Å². The second kappa shape index (κ2) is 7.25. The van der Waals surface area contributed by atoms with Gasteiger partial charge in [-0.05, 0) is 6.92 Å². The van der Waals surface area contributed by atoms with Gasteiger partial charge in [0, 0.05) is 0 Å². The predicted octanol–water partition coefficient (Wildman–Crippen LogP) is -4.07. The smallest absolute Gasteiger partial charge is 0.748 e. The second-order valence-electron chi connectivity index (χ2n) is 2.13. The van der Waals surface area contributed by atoms with Crippen molar-refractivity contribution in [2.24, 2.45) is 0 Å². The van der Waals surface area contributed by atoms with Crippen molar-refractivity contribution in [3.8, 4) is 0 Å². The molecule has 0 bridgehead atoms. The molecule has 1 atom stereocenters. The molecule has 0 aliphatic rings. The Morgan fingerprint density at radius 2 is 2.08 bits per heavy atom. The van der Waals surface area contributed by atoms with E-state index in [1.807, 2.05) is 0 Å². The van der Waals surface area contributed by atoms with Gasteiger partial charge in [0.1, 0.15) is 0 Å². The summed E-state index contributed by atoms with van der Waals surface area (Å²) in [5, 5.41) is 8.41. The minimum Gasteiger partial charge on any atom is -0.748 e. The van der Waals surface area contributed by atoms with Gasteiger partial charge in [-0.15, -0.1) is 0 Å². The SMILES string of the molecule is CC(CO)OCCS(=O)(=O)[O-].[Na+]. The van der Waals surface area contributed by atoms with E-state index in [1.165, 1.54) is 0 Å². The van der Waals surface area contributed by atoms with Gasteiger partial charge < -0.3 is 14.4 Å².